The molecule has 8 heteroatoms. The Morgan fingerprint density at radius 2 is 1.97 bits per heavy atom. The van der Waals surface area contributed by atoms with Crippen LogP contribution in [0.15, 0.2) is 67.1 Å². The summed E-state index contributed by atoms with van der Waals surface area (Å²) in [6.45, 7) is 0.685. The van der Waals surface area contributed by atoms with E-state index in [0.29, 0.717) is 17.8 Å². The number of aromatic nitrogens is 4. The Morgan fingerprint density at radius 3 is 2.80 bits per heavy atom. The van der Waals surface area contributed by atoms with E-state index in [1.807, 2.05) is 17.0 Å². The fourth-order valence-corrected chi connectivity index (χ4v) is 3.91. The molecular formula is C22H19FN6O. The number of pyridine rings is 2. The van der Waals surface area contributed by atoms with Crippen LogP contribution in [0.3, 0.4) is 0 Å². The highest BCUT2D eigenvalue weighted by Crippen LogP contribution is 2.34. The lowest BCUT2D eigenvalue weighted by Gasteiger charge is -2.23. The van der Waals surface area contributed by atoms with Crippen molar-refractivity contribution in [2.75, 3.05) is 11.9 Å². The third-order valence-electron chi connectivity index (χ3n) is 5.31. The highest BCUT2D eigenvalue weighted by atomic mass is 19.1. The number of halogens is 1. The summed E-state index contributed by atoms with van der Waals surface area (Å²) in [6.07, 6.45) is 6.81. The summed E-state index contributed by atoms with van der Waals surface area (Å²) in [5.41, 5.74) is 3.67. The van der Waals surface area contributed by atoms with E-state index >= 15 is 0 Å². The number of nitrogens with zero attached hydrogens (tertiary/aromatic N) is 5. The van der Waals surface area contributed by atoms with Crippen LogP contribution in [0.2, 0.25) is 0 Å². The van der Waals surface area contributed by atoms with Crippen LogP contribution in [-0.2, 0) is 0 Å². The summed E-state index contributed by atoms with van der Waals surface area (Å²) in [5.74, 6) is -0.324. The standard InChI is InChI=1S/C22H19FN6O/c23-16-3-1-4-17(13-16)25-18-6-7-20-21(26-27-29(20)14-18)19-5-2-12-28(19)22(30)15-8-10-24-11-9-15/h1,3-4,6-11,13-14,19,25H,2,5,12H2. The topological polar surface area (TPSA) is 75.4 Å². The summed E-state index contributed by atoms with van der Waals surface area (Å²) in [7, 11) is 0. The van der Waals surface area contributed by atoms with Gasteiger partial charge in [-0.3, -0.25) is 9.78 Å². The molecule has 3 aromatic heterocycles. The Hall–Kier alpha value is -3.81. The van der Waals surface area contributed by atoms with Gasteiger partial charge < -0.3 is 10.2 Å². The third-order valence-corrected chi connectivity index (χ3v) is 5.31. The number of fused-ring (bicyclic) bond motifs is 1. The number of carbonyl (C=O) groups excluding carboxylic acids is 1. The smallest absolute Gasteiger partial charge is 0.254 e. The molecule has 0 saturated carbocycles. The Morgan fingerprint density at radius 1 is 1.10 bits per heavy atom. The van der Waals surface area contributed by atoms with Crippen LogP contribution in [0, 0.1) is 5.82 Å². The van der Waals surface area contributed by atoms with Gasteiger partial charge in [-0.1, -0.05) is 11.3 Å². The first kappa shape index (κ1) is 18.2. The van der Waals surface area contributed by atoms with E-state index in [9.17, 15) is 9.18 Å². The first-order valence-corrected chi connectivity index (χ1v) is 9.77. The van der Waals surface area contributed by atoms with Gasteiger partial charge in [0.25, 0.3) is 5.91 Å². The first-order chi connectivity index (χ1) is 14.7. The van der Waals surface area contributed by atoms with Crippen molar-refractivity contribution in [1.29, 1.82) is 0 Å². The van der Waals surface area contributed by atoms with E-state index in [4.69, 9.17) is 0 Å². The summed E-state index contributed by atoms with van der Waals surface area (Å²) in [5, 5.41) is 11.8. The molecule has 1 aliphatic heterocycles. The number of carbonyl (C=O) groups is 1. The fourth-order valence-electron chi connectivity index (χ4n) is 3.91. The summed E-state index contributed by atoms with van der Waals surface area (Å²) < 4.78 is 15.1. The quantitative estimate of drug-likeness (QED) is 0.559. The second-order valence-electron chi connectivity index (χ2n) is 7.25. The molecule has 1 N–H and O–H groups in total. The molecule has 1 aromatic carbocycles. The van der Waals surface area contributed by atoms with Crippen LogP contribution in [0.4, 0.5) is 15.8 Å². The van der Waals surface area contributed by atoms with Crippen LogP contribution < -0.4 is 5.32 Å². The van der Waals surface area contributed by atoms with Gasteiger partial charge in [0, 0.05) is 30.2 Å². The molecule has 30 heavy (non-hydrogen) atoms. The van der Waals surface area contributed by atoms with Gasteiger partial charge in [-0.15, -0.1) is 5.10 Å². The zero-order valence-corrected chi connectivity index (χ0v) is 16.1. The first-order valence-electron chi connectivity index (χ1n) is 9.77. The molecule has 1 saturated heterocycles. The number of nitrogens with one attached hydrogen (secondary N) is 1. The maximum atomic E-state index is 13.4. The van der Waals surface area contributed by atoms with Gasteiger partial charge in [-0.05, 0) is 55.3 Å². The fraction of sp³-hybridized carbons (Fsp3) is 0.182. The molecule has 0 radical (unpaired) electrons. The molecule has 4 heterocycles. The van der Waals surface area contributed by atoms with Crippen molar-refractivity contribution in [3.8, 4) is 0 Å². The largest absolute Gasteiger partial charge is 0.354 e. The molecule has 0 aliphatic carbocycles. The maximum Gasteiger partial charge on any atom is 0.254 e. The maximum absolute atomic E-state index is 13.4. The highest BCUT2D eigenvalue weighted by molar-refractivity contribution is 5.94. The number of rotatable bonds is 4. The van der Waals surface area contributed by atoms with Crippen LogP contribution in [0.5, 0.6) is 0 Å². The zero-order valence-electron chi connectivity index (χ0n) is 16.1. The Bertz CT molecular complexity index is 1210. The van der Waals surface area contributed by atoms with Crippen molar-refractivity contribution in [2.24, 2.45) is 0 Å². The number of likely N-dealkylation sites (tertiary alicyclic amines) is 1. The lowest BCUT2D eigenvalue weighted by molar-refractivity contribution is 0.0733. The van der Waals surface area contributed by atoms with Gasteiger partial charge in [-0.25, -0.2) is 8.91 Å². The molecule has 5 rings (SSSR count). The van der Waals surface area contributed by atoms with E-state index in [1.165, 1.54) is 12.1 Å². The zero-order chi connectivity index (χ0) is 20.5. The van der Waals surface area contributed by atoms with E-state index in [0.717, 1.165) is 29.7 Å². The molecular weight excluding hydrogens is 383 g/mol. The second kappa shape index (κ2) is 7.55. The SMILES string of the molecule is O=C(c1ccncc1)N1CCCC1c1nnn2cc(Nc3cccc(F)c3)ccc12. The predicted octanol–water partition coefficient (Wildman–Crippen LogP) is 3.98. The van der Waals surface area contributed by atoms with Gasteiger partial charge in [0.15, 0.2) is 0 Å². The summed E-state index contributed by atoms with van der Waals surface area (Å²) >= 11 is 0. The monoisotopic (exact) mass is 402 g/mol. The number of benzene rings is 1. The van der Waals surface area contributed by atoms with Gasteiger partial charge in [0.05, 0.1) is 23.4 Å². The van der Waals surface area contributed by atoms with Crippen molar-refractivity contribution in [2.45, 2.75) is 18.9 Å². The van der Waals surface area contributed by atoms with Crippen LogP contribution in [-0.4, -0.2) is 37.2 Å². The molecule has 1 amide bonds. The van der Waals surface area contributed by atoms with Gasteiger partial charge >= 0.3 is 0 Å². The lowest BCUT2D eigenvalue weighted by atomic mass is 10.1. The van der Waals surface area contributed by atoms with Crippen molar-refractivity contribution in [1.82, 2.24) is 24.7 Å². The number of anilines is 2. The van der Waals surface area contributed by atoms with E-state index in [2.05, 4.69) is 20.6 Å². The Balaban J connectivity index is 1.42. The van der Waals surface area contributed by atoms with Crippen LogP contribution in [0.25, 0.3) is 5.52 Å². The number of hydrogen-bond acceptors (Lipinski definition) is 5. The molecule has 1 fully saturated rings. The average molecular weight is 402 g/mol. The molecule has 1 unspecified atom stereocenters. The lowest BCUT2D eigenvalue weighted by Crippen LogP contribution is -2.30. The second-order valence-corrected chi connectivity index (χ2v) is 7.25. The van der Waals surface area contributed by atoms with Crippen LogP contribution >= 0.6 is 0 Å². The minimum absolute atomic E-state index is 0.0227. The summed E-state index contributed by atoms with van der Waals surface area (Å²) in [6, 6.07) is 13.4. The Labute approximate surface area is 172 Å². The normalized spacial score (nSPS) is 16.2. The van der Waals surface area contributed by atoms with Gasteiger partial charge in [0.1, 0.15) is 11.5 Å². The van der Waals surface area contributed by atoms with Gasteiger partial charge in [0.2, 0.25) is 0 Å². The molecule has 4 aromatic rings. The molecule has 1 atom stereocenters. The van der Waals surface area contributed by atoms with Crippen molar-refractivity contribution in [3.05, 3.63) is 84.2 Å². The molecule has 0 bridgehead atoms. The minimum atomic E-state index is -0.302. The number of hydrogen-bond donors (Lipinski definition) is 1. The van der Waals surface area contributed by atoms with Gasteiger partial charge in [-0.2, -0.15) is 0 Å². The minimum Gasteiger partial charge on any atom is -0.354 e. The predicted molar refractivity (Wildman–Crippen MR) is 110 cm³/mol. The Kier molecular flexibility index (Phi) is 4.59. The van der Waals surface area contributed by atoms with E-state index in [1.54, 1.807) is 47.4 Å². The summed E-state index contributed by atoms with van der Waals surface area (Å²) in [4.78, 5) is 18.8. The average Bonchev–Trinajstić information content (AvgIpc) is 3.40. The molecule has 1 aliphatic rings. The van der Waals surface area contributed by atoms with E-state index in [-0.39, 0.29) is 17.8 Å². The number of amides is 1. The van der Waals surface area contributed by atoms with Crippen molar-refractivity contribution < 1.29 is 9.18 Å². The molecule has 0 spiro atoms. The van der Waals surface area contributed by atoms with Crippen LogP contribution in [0.1, 0.15) is 34.9 Å². The highest BCUT2D eigenvalue weighted by Gasteiger charge is 2.33. The third kappa shape index (κ3) is 3.36. The van der Waals surface area contributed by atoms with Crippen molar-refractivity contribution >= 4 is 22.8 Å². The van der Waals surface area contributed by atoms with Crippen molar-refractivity contribution in [3.63, 3.8) is 0 Å². The molecule has 7 nitrogen and oxygen atoms in total. The van der Waals surface area contributed by atoms with E-state index < -0.39 is 0 Å². The molecule has 150 valence electrons.